The van der Waals surface area contributed by atoms with E-state index in [9.17, 15) is 9.59 Å². The maximum Gasteiger partial charge on any atom is 0.327 e. The zero-order valence-electron chi connectivity index (χ0n) is 7.83. The number of carboxylic acids is 1. The van der Waals surface area contributed by atoms with Gasteiger partial charge in [-0.2, -0.15) is 5.48 Å². The summed E-state index contributed by atoms with van der Waals surface area (Å²) < 4.78 is 0. The minimum atomic E-state index is -1.19. The van der Waals surface area contributed by atoms with E-state index in [2.05, 4.69) is 5.48 Å². The van der Waals surface area contributed by atoms with Crippen molar-refractivity contribution in [2.24, 2.45) is 0 Å². The number of carbonyl (C=O) groups excluding carboxylic acids is 1. The number of carbonyl (C=O) groups is 1. The van der Waals surface area contributed by atoms with Gasteiger partial charge >= 0.3 is 5.97 Å². The highest BCUT2D eigenvalue weighted by molar-refractivity contribution is 5.78. The Morgan fingerprint density at radius 2 is 2.15 bits per heavy atom. The first-order valence-corrected chi connectivity index (χ1v) is 3.74. The zero-order chi connectivity index (χ0) is 10.5. The molecule has 0 aromatic heterocycles. The summed E-state index contributed by atoms with van der Waals surface area (Å²) in [6.07, 6.45) is 0.841. The Hall–Kier alpha value is -1.16. The van der Waals surface area contributed by atoms with E-state index in [1.54, 1.807) is 20.8 Å². The van der Waals surface area contributed by atoms with Crippen molar-refractivity contribution in [2.75, 3.05) is 0 Å². The molecule has 2 N–H and O–H groups in total. The molecule has 0 saturated carbocycles. The Balaban J connectivity index is 4.13. The lowest BCUT2D eigenvalue weighted by atomic mass is 10.2. The van der Waals surface area contributed by atoms with E-state index >= 15 is 0 Å². The molecule has 0 aliphatic heterocycles. The second-order valence-corrected chi connectivity index (χ2v) is 3.43. The molecule has 5 nitrogen and oxygen atoms in total. The van der Waals surface area contributed by atoms with Gasteiger partial charge < -0.3 is 5.11 Å². The van der Waals surface area contributed by atoms with Gasteiger partial charge in [-0.15, -0.1) is 0 Å². The Labute approximate surface area is 76.3 Å². The third-order valence-corrected chi connectivity index (χ3v) is 0.993. The molecule has 0 bridgehead atoms. The number of hydrogen-bond donors (Lipinski definition) is 2. The highest BCUT2D eigenvalue weighted by Crippen LogP contribution is 2.04. The molecule has 74 valence electrons. The topological polar surface area (TPSA) is 75.6 Å². The van der Waals surface area contributed by atoms with Crippen molar-refractivity contribution in [3.8, 4) is 0 Å². The Kier molecular flexibility index (Phi) is 4.34. The van der Waals surface area contributed by atoms with Gasteiger partial charge in [-0.1, -0.05) is 0 Å². The number of nitrogens with one attached hydrogen (secondary N) is 1. The number of rotatable bonds is 4. The number of hydrogen-bond acceptors (Lipinski definition) is 4. The summed E-state index contributed by atoms with van der Waals surface area (Å²) in [6, 6.07) is -1.16. The van der Waals surface area contributed by atoms with Crippen LogP contribution in [0.25, 0.3) is 0 Å². The van der Waals surface area contributed by atoms with Crippen LogP contribution in [0.1, 0.15) is 20.8 Å². The SMILES string of the molecule is CC(C)(C)ON[C@H](C=C=O)C(=O)O. The van der Waals surface area contributed by atoms with Crippen molar-refractivity contribution in [3.63, 3.8) is 0 Å². The molecule has 0 spiro atoms. The summed E-state index contributed by atoms with van der Waals surface area (Å²) in [6.45, 7) is 5.26. The average Bonchev–Trinajstić information content (AvgIpc) is 1.95. The molecule has 0 saturated heterocycles. The summed E-state index contributed by atoms with van der Waals surface area (Å²) in [5.41, 5.74) is 1.73. The van der Waals surface area contributed by atoms with Gasteiger partial charge in [0.15, 0.2) is 6.04 Å². The van der Waals surface area contributed by atoms with Crippen LogP contribution in [0.3, 0.4) is 0 Å². The predicted molar refractivity (Wildman–Crippen MR) is 45.7 cm³/mol. The minimum Gasteiger partial charge on any atom is -0.480 e. The predicted octanol–water partition coefficient (Wildman–Crippen LogP) is 0.147. The van der Waals surface area contributed by atoms with Crippen LogP contribution in [0.5, 0.6) is 0 Å². The summed E-state index contributed by atoms with van der Waals surface area (Å²) in [7, 11) is 0. The van der Waals surface area contributed by atoms with E-state index in [1.807, 2.05) is 0 Å². The molecule has 0 aliphatic rings. The van der Waals surface area contributed by atoms with E-state index in [1.165, 1.54) is 5.94 Å². The molecule has 0 rings (SSSR count). The summed E-state index contributed by atoms with van der Waals surface area (Å²) in [4.78, 5) is 25.3. The first-order chi connectivity index (χ1) is 5.87. The highest BCUT2D eigenvalue weighted by atomic mass is 16.7. The lowest BCUT2D eigenvalue weighted by Gasteiger charge is -2.20. The third kappa shape index (κ3) is 6.04. The van der Waals surface area contributed by atoms with Crippen LogP contribution in [-0.2, 0) is 14.4 Å². The summed E-state index contributed by atoms with van der Waals surface area (Å²) in [5, 5.41) is 8.55. The first kappa shape index (κ1) is 11.8. The van der Waals surface area contributed by atoms with E-state index in [-0.39, 0.29) is 0 Å². The number of aliphatic carboxylic acids is 1. The van der Waals surface area contributed by atoms with Gasteiger partial charge in [-0.25, -0.2) is 4.79 Å². The van der Waals surface area contributed by atoms with Gasteiger partial charge in [0.25, 0.3) is 0 Å². The second-order valence-electron chi connectivity index (χ2n) is 3.43. The van der Waals surface area contributed by atoms with Gasteiger partial charge in [-0.3, -0.25) is 9.63 Å². The van der Waals surface area contributed by atoms with Gasteiger partial charge in [-0.05, 0) is 20.8 Å². The molecule has 0 amide bonds. The quantitative estimate of drug-likeness (QED) is 0.484. The molecule has 5 heteroatoms. The monoisotopic (exact) mass is 187 g/mol. The number of hydroxylamine groups is 1. The third-order valence-electron chi connectivity index (χ3n) is 0.993. The maximum atomic E-state index is 10.5. The normalized spacial score (nSPS) is 13.2. The first-order valence-electron chi connectivity index (χ1n) is 3.74. The van der Waals surface area contributed by atoms with Crippen LogP contribution in [0.15, 0.2) is 6.08 Å². The van der Waals surface area contributed by atoms with Gasteiger partial charge in [0.2, 0.25) is 0 Å². The molecule has 0 radical (unpaired) electrons. The van der Waals surface area contributed by atoms with Crippen LogP contribution < -0.4 is 5.48 Å². The molecule has 0 aliphatic carbocycles. The fourth-order valence-electron chi connectivity index (χ4n) is 0.464. The van der Waals surface area contributed by atoms with E-state index in [0.29, 0.717) is 0 Å². The van der Waals surface area contributed by atoms with Gasteiger partial charge in [0.05, 0.1) is 5.60 Å². The van der Waals surface area contributed by atoms with Crippen molar-refractivity contribution < 1.29 is 19.5 Å². The second kappa shape index (κ2) is 4.77. The molecule has 0 aromatic carbocycles. The van der Waals surface area contributed by atoms with Crippen molar-refractivity contribution in [1.82, 2.24) is 5.48 Å². The van der Waals surface area contributed by atoms with Crippen LogP contribution >= 0.6 is 0 Å². The lowest BCUT2D eigenvalue weighted by Crippen LogP contribution is -2.40. The molecule has 0 heterocycles. The molecule has 1 atom stereocenters. The summed E-state index contributed by atoms with van der Waals surface area (Å²) >= 11 is 0. The van der Waals surface area contributed by atoms with Crippen LogP contribution in [0.4, 0.5) is 0 Å². The van der Waals surface area contributed by atoms with Gasteiger partial charge in [0, 0.05) is 6.08 Å². The van der Waals surface area contributed by atoms with Crippen LogP contribution in [0, 0.1) is 0 Å². The zero-order valence-corrected chi connectivity index (χ0v) is 7.83. The van der Waals surface area contributed by atoms with E-state index < -0.39 is 17.6 Å². The maximum absolute atomic E-state index is 10.5. The number of carboxylic acid groups (broad SMARTS) is 1. The van der Waals surface area contributed by atoms with Crippen LogP contribution in [0.2, 0.25) is 0 Å². The van der Waals surface area contributed by atoms with E-state index in [4.69, 9.17) is 9.94 Å². The summed E-state index contributed by atoms with van der Waals surface area (Å²) in [5.74, 6) is 0.200. The van der Waals surface area contributed by atoms with Crippen LogP contribution in [-0.4, -0.2) is 28.7 Å². The fourth-order valence-corrected chi connectivity index (χ4v) is 0.464. The lowest BCUT2D eigenvalue weighted by molar-refractivity contribution is -0.147. The van der Waals surface area contributed by atoms with E-state index in [0.717, 1.165) is 6.08 Å². The molecular weight excluding hydrogens is 174 g/mol. The minimum absolute atomic E-state index is 0.509. The van der Waals surface area contributed by atoms with Crippen molar-refractivity contribution in [1.29, 1.82) is 0 Å². The Bertz CT molecular complexity index is 223. The van der Waals surface area contributed by atoms with Crippen molar-refractivity contribution in [2.45, 2.75) is 32.4 Å². The smallest absolute Gasteiger partial charge is 0.327 e. The standard InChI is InChI=1S/C8H13NO4/c1-8(2,3)13-9-6(4-5-10)7(11)12/h4,6,9H,1-3H3,(H,11,12)/t6-/m1/s1. The molecule has 13 heavy (non-hydrogen) atoms. The molecule has 0 fully saturated rings. The highest BCUT2D eigenvalue weighted by Gasteiger charge is 2.18. The molecule has 0 unspecified atom stereocenters. The average molecular weight is 187 g/mol. The Morgan fingerprint density at radius 3 is 2.46 bits per heavy atom. The largest absolute Gasteiger partial charge is 0.480 e. The Morgan fingerprint density at radius 1 is 1.62 bits per heavy atom. The molecule has 0 aromatic rings. The molecular formula is C8H13NO4. The van der Waals surface area contributed by atoms with Crippen molar-refractivity contribution >= 4 is 11.9 Å². The van der Waals surface area contributed by atoms with Gasteiger partial charge in [0.1, 0.15) is 5.94 Å². The van der Waals surface area contributed by atoms with Crippen molar-refractivity contribution in [3.05, 3.63) is 6.08 Å². The fraction of sp³-hybridized carbons (Fsp3) is 0.625.